The third kappa shape index (κ3) is 5.38. The number of hydrogen-bond acceptors (Lipinski definition) is 4. The maximum Gasteiger partial charge on any atom is 0.139 e. The quantitative estimate of drug-likeness (QED) is 0.171. The van der Waals surface area contributed by atoms with E-state index in [0.29, 0.717) is 0 Å². The summed E-state index contributed by atoms with van der Waals surface area (Å²) >= 11 is 0. The summed E-state index contributed by atoms with van der Waals surface area (Å²) in [5.74, 6) is 0. The van der Waals surface area contributed by atoms with Crippen molar-refractivity contribution in [3.8, 4) is 0 Å². The molecule has 0 atom stereocenters. The van der Waals surface area contributed by atoms with E-state index in [2.05, 4.69) is 206 Å². The predicted octanol–water partition coefficient (Wildman–Crippen LogP) is 15.3. The van der Waals surface area contributed by atoms with Gasteiger partial charge in [0.05, 0.1) is 0 Å². The van der Waals surface area contributed by atoms with E-state index in [-0.39, 0.29) is 0 Å². The average molecular weight is 721 g/mol. The molecule has 11 rings (SSSR count). The van der Waals surface area contributed by atoms with Crippen LogP contribution >= 0.6 is 0 Å². The highest BCUT2D eigenvalue weighted by molar-refractivity contribution is 6.18. The van der Waals surface area contributed by atoms with Crippen LogP contribution < -0.4 is 9.80 Å². The highest BCUT2D eigenvalue weighted by Crippen LogP contribution is 2.42. The molecular formula is C52H36N2O2. The minimum Gasteiger partial charge on any atom is -0.456 e. The second-order valence-electron chi connectivity index (χ2n) is 14.8. The average Bonchev–Trinajstić information content (AvgIpc) is 3.76. The van der Waals surface area contributed by atoms with Crippen molar-refractivity contribution < 1.29 is 8.83 Å². The summed E-state index contributed by atoms with van der Waals surface area (Å²) in [6.45, 7) is 4.24. The van der Waals surface area contributed by atoms with Crippen LogP contribution in [-0.2, 0) is 0 Å². The third-order valence-electron chi connectivity index (χ3n) is 11.1. The van der Waals surface area contributed by atoms with E-state index in [0.717, 1.165) is 99.5 Å². The molecule has 11 aromatic rings. The van der Waals surface area contributed by atoms with E-state index in [4.69, 9.17) is 8.83 Å². The molecule has 0 unspecified atom stereocenters. The lowest BCUT2D eigenvalue weighted by Crippen LogP contribution is -2.09. The lowest BCUT2D eigenvalue weighted by Gasteiger charge is -2.26. The van der Waals surface area contributed by atoms with Gasteiger partial charge < -0.3 is 18.6 Å². The topological polar surface area (TPSA) is 32.8 Å². The molecule has 0 spiro atoms. The largest absolute Gasteiger partial charge is 0.456 e. The Morgan fingerprint density at radius 1 is 0.286 bits per heavy atom. The van der Waals surface area contributed by atoms with E-state index < -0.39 is 0 Å². The van der Waals surface area contributed by atoms with Crippen LogP contribution in [0.15, 0.2) is 191 Å². The zero-order valence-electron chi connectivity index (χ0n) is 31.0. The normalized spacial score (nSPS) is 11.8. The zero-order valence-corrected chi connectivity index (χ0v) is 31.0. The van der Waals surface area contributed by atoms with Gasteiger partial charge in [0, 0.05) is 61.7 Å². The number of aryl methyl sites for hydroxylation is 2. The number of anilines is 6. The molecular weight excluding hydrogens is 685 g/mol. The molecule has 4 nitrogen and oxygen atoms in total. The Morgan fingerprint density at radius 3 is 1.07 bits per heavy atom. The van der Waals surface area contributed by atoms with Crippen LogP contribution in [0.4, 0.5) is 34.1 Å². The fourth-order valence-corrected chi connectivity index (χ4v) is 8.22. The first-order chi connectivity index (χ1) is 27.5. The van der Waals surface area contributed by atoms with E-state index in [9.17, 15) is 0 Å². The van der Waals surface area contributed by atoms with Gasteiger partial charge in [0.2, 0.25) is 0 Å². The first-order valence-electron chi connectivity index (χ1n) is 19.1. The van der Waals surface area contributed by atoms with Crippen LogP contribution in [0.2, 0.25) is 0 Å². The molecule has 0 amide bonds. The van der Waals surface area contributed by atoms with Crippen LogP contribution in [0.3, 0.4) is 0 Å². The van der Waals surface area contributed by atoms with Crippen molar-refractivity contribution >= 4 is 99.5 Å². The standard InChI is InChI=1S/C52H36N2O2/c1-33-13-19-41(20-14-33)53(39-9-5-3-6-10-39)43-23-17-35-27-45-47-31-48-46-28-36-18-24-44(54(40-11-7-4-8-12-40)42-21-15-34(2)16-22-42)26-38(36)30-50(46)56-52(48)32-51(47)55-49(45)29-37(35)25-43/h3-32H,1-2H3. The highest BCUT2D eigenvalue weighted by atomic mass is 16.3. The van der Waals surface area contributed by atoms with Gasteiger partial charge >= 0.3 is 0 Å². The Labute approximate surface area is 324 Å². The summed E-state index contributed by atoms with van der Waals surface area (Å²) < 4.78 is 13.2. The maximum absolute atomic E-state index is 6.58. The van der Waals surface area contributed by atoms with Crippen LogP contribution in [0, 0.1) is 13.8 Å². The van der Waals surface area contributed by atoms with E-state index in [1.807, 2.05) is 0 Å². The summed E-state index contributed by atoms with van der Waals surface area (Å²) in [6, 6.07) is 65.0. The van der Waals surface area contributed by atoms with Crippen molar-refractivity contribution in [1.82, 2.24) is 0 Å². The molecule has 0 saturated carbocycles. The van der Waals surface area contributed by atoms with Gasteiger partial charge in [0.25, 0.3) is 0 Å². The van der Waals surface area contributed by atoms with Crippen molar-refractivity contribution in [2.75, 3.05) is 9.80 Å². The molecule has 4 heteroatoms. The number of hydrogen-bond donors (Lipinski definition) is 0. The number of para-hydroxylation sites is 2. The van der Waals surface area contributed by atoms with Crippen molar-refractivity contribution in [2.45, 2.75) is 13.8 Å². The van der Waals surface area contributed by atoms with Crippen LogP contribution in [0.5, 0.6) is 0 Å². The predicted molar refractivity (Wildman–Crippen MR) is 235 cm³/mol. The van der Waals surface area contributed by atoms with Gasteiger partial charge in [-0.05, 0) is 139 Å². The van der Waals surface area contributed by atoms with Crippen molar-refractivity contribution in [2.24, 2.45) is 0 Å². The number of furan rings is 2. The van der Waals surface area contributed by atoms with E-state index in [1.54, 1.807) is 0 Å². The van der Waals surface area contributed by atoms with Crippen molar-refractivity contribution in [3.63, 3.8) is 0 Å². The van der Waals surface area contributed by atoms with Crippen molar-refractivity contribution in [3.05, 3.63) is 193 Å². The smallest absolute Gasteiger partial charge is 0.139 e. The number of rotatable bonds is 6. The lowest BCUT2D eigenvalue weighted by atomic mass is 10.0. The zero-order chi connectivity index (χ0) is 37.3. The summed E-state index contributed by atoms with van der Waals surface area (Å²) in [5, 5.41) is 8.92. The van der Waals surface area contributed by atoms with Gasteiger partial charge in [-0.1, -0.05) is 83.9 Å². The lowest BCUT2D eigenvalue weighted by molar-refractivity contribution is 0.656. The second-order valence-corrected chi connectivity index (χ2v) is 14.8. The molecule has 2 aromatic heterocycles. The molecule has 2 heterocycles. The monoisotopic (exact) mass is 720 g/mol. The number of benzene rings is 9. The Bertz CT molecular complexity index is 3030. The molecule has 0 saturated heterocycles. The fourth-order valence-electron chi connectivity index (χ4n) is 8.22. The SMILES string of the molecule is Cc1ccc(N(c2ccccc2)c2ccc3cc4c(cc3c2)oc2cc3oc5cc6cc(N(c7ccccc7)c7ccc(C)cc7)ccc6cc5c3cc24)cc1. The maximum atomic E-state index is 6.58. The van der Waals surface area contributed by atoms with Gasteiger partial charge in [-0.25, -0.2) is 0 Å². The molecule has 56 heavy (non-hydrogen) atoms. The summed E-state index contributed by atoms with van der Waals surface area (Å²) in [4.78, 5) is 4.60. The van der Waals surface area contributed by atoms with Crippen LogP contribution in [0.25, 0.3) is 65.4 Å². The second kappa shape index (κ2) is 12.6. The van der Waals surface area contributed by atoms with Gasteiger partial charge in [-0.3, -0.25) is 0 Å². The van der Waals surface area contributed by atoms with E-state index in [1.165, 1.54) is 11.1 Å². The summed E-state index contributed by atoms with van der Waals surface area (Å²) in [7, 11) is 0. The van der Waals surface area contributed by atoms with Crippen LogP contribution in [-0.4, -0.2) is 0 Å². The Balaban J connectivity index is 1.00. The van der Waals surface area contributed by atoms with Gasteiger partial charge in [0.1, 0.15) is 22.3 Å². The van der Waals surface area contributed by atoms with Gasteiger partial charge in [0.15, 0.2) is 0 Å². The summed E-state index contributed by atoms with van der Waals surface area (Å²) in [6.07, 6.45) is 0. The molecule has 0 N–H and O–H groups in total. The van der Waals surface area contributed by atoms with Crippen molar-refractivity contribution in [1.29, 1.82) is 0 Å². The van der Waals surface area contributed by atoms with E-state index >= 15 is 0 Å². The molecule has 0 aliphatic carbocycles. The Kier molecular flexibility index (Phi) is 7.26. The number of fused-ring (bicyclic) bond motifs is 8. The minimum absolute atomic E-state index is 0.816. The molecule has 0 bridgehead atoms. The molecule has 0 fully saturated rings. The molecule has 0 aliphatic heterocycles. The Morgan fingerprint density at radius 2 is 0.643 bits per heavy atom. The first kappa shape index (κ1) is 32.2. The third-order valence-corrected chi connectivity index (χ3v) is 11.1. The molecule has 0 radical (unpaired) electrons. The van der Waals surface area contributed by atoms with Crippen LogP contribution in [0.1, 0.15) is 11.1 Å². The fraction of sp³-hybridized carbons (Fsp3) is 0.0385. The Hall–Kier alpha value is -7.30. The summed E-state index contributed by atoms with van der Waals surface area (Å²) in [5.41, 5.74) is 12.5. The van der Waals surface area contributed by atoms with Gasteiger partial charge in [-0.2, -0.15) is 0 Å². The molecule has 0 aliphatic rings. The molecule has 9 aromatic carbocycles. The molecule has 266 valence electrons. The minimum atomic E-state index is 0.816. The van der Waals surface area contributed by atoms with Gasteiger partial charge in [-0.15, -0.1) is 0 Å². The number of nitrogens with zero attached hydrogens (tertiary/aromatic N) is 2. The highest BCUT2D eigenvalue weighted by Gasteiger charge is 2.18. The first-order valence-corrected chi connectivity index (χ1v) is 19.1.